The fourth-order valence-electron chi connectivity index (χ4n) is 3.57. The molecule has 0 aromatic heterocycles. The zero-order valence-corrected chi connectivity index (χ0v) is 14.8. The first kappa shape index (κ1) is 20.7. The number of rotatable bonds is 7. The lowest BCUT2D eigenvalue weighted by Gasteiger charge is -2.25. The second-order valence-electron chi connectivity index (χ2n) is 6.82. The Morgan fingerprint density at radius 3 is 2.38 bits per heavy atom. The summed E-state index contributed by atoms with van der Waals surface area (Å²) in [6.45, 7) is 0.601. The van der Waals surface area contributed by atoms with E-state index in [-0.39, 0.29) is 36.6 Å². The molecule has 1 aliphatic carbocycles. The summed E-state index contributed by atoms with van der Waals surface area (Å²) in [5, 5.41) is 5.35. The molecule has 0 radical (unpaired) electrons. The molecule has 3 atom stereocenters. The van der Waals surface area contributed by atoms with Gasteiger partial charge in [-0.2, -0.15) is 0 Å². The zero-order valence-electron chi connectivity index (χ0n) is 14.0. The summed E-state index contributed by atoms with van der Waals surface area (Å²) in [6.07, 6.45) is 7.41. The van der Waals surface area contributed by atoms with Crippen LogP contribution in [0.1, 0.15) is 51.4 Å². The van der Waals surface area contributed by atoms with Crippen molar-refractivity contribution >= 4 is 30.1 Å². The van der Waals surface area contributed by atoms with Gasteiger partial charge in [0.15, 0.2) is 0 Å². The van der Waals surface area contributed by atoms with Gasteiger partial charge in [-0.25, -0.2) is 0 Å². The third-order valence-corrected chi connectivity index (χ3v) is 4.99. The predicted octanol–water partition coefficient (Wildman–Crippen LogP) is 0.202. The van der Waals surface area contributed by atoms with Crippen LogP contribution in [-0.4, -0.2) is 36.3 Å². The molecular weight excluding hydrogens is 332 g/mol. The van der Waals surface area contributed by atoms with E-state index in [0.29, 0.717) is 25.3 Å². The second-order valence-corrected chi connectivity index (χ2v) is 6.82. The van der Waals surface area contributed by atoms with Crippen molar-refractivity contribution in [2.75, 3.05) is 6.54 Å². The standard InChI is InChI=1S/C16H28N4O3.ClH/c17-12(8-10-4-2-1-3-5-10)16(23)20-13(14(18)21)9-11-6-7-19-15(11)22;/h10-13H,1-9,17H2,(H2,18,21)(H,19,22)(H,20,23);1H/t11-,12-,13-;/m0./s1. The van der Waals surface area contributed by atoms with Crippen LogP contribution in [0.3, 0.4) is 0 Å². The number of halogens is 1. The Hall–Kier alpha value is -1.34. The number of amides is 3. The Balaban J connectivity index is 0.00000288. The van der Waals surface area contributed by atoms with Crippen LogP contribution >= 0.6 is 12.4 Å². The van der Waals surface area contributed by atoms with Gasteiger partial charge in [0.2, 0.25) is 17.7 Å². The van der Waals surface area contributed by atoms with Crippen molar-refractivity contribution in [1.29, 1.82) is 0 Å². The monoisotopic (exact) mass is 360 g/mol. The molecule has 1 aliphatic heterocycles. The Bertz CT molecular complexity index is 455. The molecule has 0 spiro atoms. The van der Waals surface area contributed by atoms with Crippen LogP contribution in [0.15, 0.2) is 0 Å². The van der Waals surface area contributed by atoms with Crippen LogP contribution in [0.25, 0.3) is 0 Å². The first-order valence-electron chi connectivity index (χ1n) is 8.60. The molecule has 0 bridgehead atoms. The lowest BCUT2D eigenvalue weighted by Crippen LogP contribution is -2.51. The van der Waals surface area contributed by atoms with Gasteiger partial charge in [-0.15, -0.1) is 12.4 Å². The van der Waals surface area contributed by atoms with E-state index in [1.54, 1.807) is 0 Å². The van der Waals surface area contributed by atoms with E-state index in [1.165, 1.54) is 19.3 Å². The van der Waals surface area contributed by atoms with Crippen molar-refractivity contribution < 1.29 is 14.4 Å². The SMILES string of the molecule is Cl.NC(=O)[C@H](C[C@@H]1CCNC1=O)NC(=O)[C@@H](N)CC1CCCCC1. The van der Waals surface area contributed by atoms with E-state index in [4.69, 9.17) is 11.5 Å². The van der Waals surface area contributed by atoms with E-state index in [0.717, 1.165) is 12.8 Å². The molecule has 7 nitrogen and oxygen atoms in total. The summed E-state index contributed by atoms with van der Waals surface area (Å²) in [6, 6.07) is -1.47. The highest BCUT2D eigenvalue weighted by atomic mass is 35.5. The van der Waals surface area contributed by atoms with Gasteiger partial charge in [0.05, 0.1) is 6.04 Å². The van der Waals surface area contributed by atoms with E-state index in [1.807, 2.05) is 0 Å². The quantitative estimate of drug-likeness (QED) is 0.517. The molecule has 8 heteroatoms. The molecule has 3 amide bonds. The minimum atomic E-state index is -0.839. The largest absolute Gasteiger partial charge is 0.368 e. The van der Waals surface area contributed by atoms with Crippen LogP contribution < -0.4 is 22.1 Å². The molecule has 0 aromatic carbocycles. The predicted molar refractivity (Wildman–Crippen MR) is 93.3 cm³/mol. The number of nitrogens with two attached hydrogens (primary N) is 2. The Labute approximate surface area is 149 Å². The lowest BCUT2D eigenvalue weighted by molar-refractivity contribution is -0.129. The van der Waals surface area contributed by atoms with Gasteiger partial charge < -0.3 is 22.1 Å². The molecule has 2 fully saturated rings. The maximum Gasteiger partial charge on any atom is 0.240 e. The van der Waals surface area contributed by atoms with Crippen LogP contribution in [0, 0.1) is 11.8 Å². The van der Waals surface area contributed by atoms with Gasteiger partial charge in [0.1, 0.15) is 6.04 Å². The number of hydrogen-bond acceptors (Lipinski definition) is 4. The Morgan fingerprint density at radius 1 is 1.17 bits per heavy atom. The molecule has 1 saturated heterocycles. The minimum Gasteiger partial charge on any atom is -0.368 e. The third-order valence-electron chi connectivity index (χ3n) is 4.99. The van der Waals surface area contributed by atoms with Crippen molar-refractivity contribution in [3.8, 4) is 0 Å². The van der Waals surface area contributed by atoms with Crippen LogP contribution in [0.5, 0.6) is 0 Å². The van der Waals surface area contributed by atoms with Gasteiger partial charge in [0.25, 0.3) is 0 Å². The smallest absolute Gasteiger partial charge is 0.240 e. The topological polar surface area (TPSA) is 127 Å². The van der Waals surface area contributed by atoms with Crippen molar-refractivity contribution in [2.24, 2.45) is 23.3 Å². The normalized spacial score (nSPS) is 23.7. The summed E-state index contributed by atoms with van der Waals surface area (Å²) in [5.41, 5.74) is 11.4. The maximum atomic E-state index is 12.2. The molecule has 0 aromatic rings. The van der Waals surface area contributed by atoms with E-state index >= 15 is 0 Å². The summed E-state index contributed by atoms with van der Waals surface area (Å²) in [5.74, 6) is -0.850. The Kier molecular flexibility index (Phi) is 8.48. The van der Waals surface area contributed by atoms with Crippen molar-refractivity contribution in [3.05, 3.63) is 0 Å². The maximum absolute atomic E-state index is 12.2. The lowest BCUT2D eigenvalue weighted by atomic mass is 9.85. The van der Waals surface area contributed by atoms with Crippen molar-refractivity contribution in [1.82, 2.24) is 10.6 Å². The second kappa shape index (κ2) is 9.84. The molecule has 24 heavy (non-hydrogen) atoms. The number of carbonyl (C=O) groups is 3. The van der Waals surface area contributed by atoms with Crippen molar-refractivity contribution in [2.45, 2.75) is 63.5 Å². The highest BCUT2D eigenvalue weighted by molar-refractivity contribution is 5.89. The molecule has 2 aliphatic rings. The molecule has 1 saturated carbocycles. The number of hydrogen-bond donors (Lipinski definition) is 4. The zero-order chi connectivity index (χ0) is 16.8. The van der Waals surface area contributed by atoms with Gasteiger partial charge in [-0.1, -0.05) is 32.1 Å². The average Bonchev–Trinajstić information content (AvgIpc) is 2.92. The summed E-state index contributed by atoms with van der Waals surface area (Å²) in [4.78, 5) is 35.4. The van der Waals surface area contributed by atoms with Gasteiger partial charge in [-0.05, 0) is 25.2 Å². The summed E-state index contributed by atoms with van der Waals surface area (Å²) >= 11 is 0. The molecule has 2 rings (SSSR count). The van der Waals surface area contributed by atoms with Crippen LogP contribution in [-0.2, 0) is 14.4 Å². The fraction of sp³-hybridized carbons (Fsp3) is 0.812. The van der Waals surface area contributed by atoms with Gasteiger partial charge in [0, 0.05) is 12.5 Å². The van der Waals surface area contributed by atoms with E-state index in [9.17, 15) is 14.4 Å². The minimum absolute atomic E-state index is 0. The summed E-state index contributed by atoms with van der Waals surface area (Å²) in [7, 11) is 0. The number of nitrogens with one attached hydrogen (secondary N) is 2. The third kappa shape index (κ3) is 5.94. The summed E-state index contributed by atoms with van der Waals surface area (Å²) < 4.78 is 0. The van der Waals surface area contributed by atoms with Gasteiger partial charge >= 0.3 is 0 Å². The van der Waals surface area contributed by atoms with E-state index in [2.05, 4.69) is 10.6 Å². The molecule has 0 unspecified atom stereocenters. The molecule has 6 N–H and O–H groups in total. The van der Waals surface area contributed by atoms with Crippen LogP contribution in [0.2, 0.25) is 0 Å². The average molecular weight is 361 g/mol. The first-order chi connectivity index (χ1) is 11.0. The van der Waals surface area contributed by atoms with E-state index < -0.39 is 18.0 Å². The molecule has 1 heterocycles. The van der Waals surface area contributed by atoms with Gasteiger partial charge in [-0.3, -0.25) is 14.4 Å². The number of primary amides is 1. The molecule has 138 valence electrons. The fourth-order valence-corrected chi connectivity index (χ4v) is 3.57. The van der Waals surface area contributed by atoms with Crippen molar-refractivity contribution in [3.63, 3.8) is 0 Å². The van der Waals surface area contributed by atoms with Crippen LogP contribution in [0.4, 0.5) is 0 Å². The highest BCUT2D eigenvalue weighted by Gasteiger charge is 2.31. The number of carbonyl (C=O) groups excluding carboxylic acids is 3. The Morgan fingerprint density at radius 2 is 1.83 bits per heavy atom. The molecular formula is C16H29ClN4O3. The highest BCUT2D eigenvalue weighted by Crippen LogP contribution is 2.27. The first-order valence-corrected chi connectivity index (χ1v) is 8.60.